The zero-order valence-corrected chi connectivity index (χ0v) is 18.6. The molecule has 2 aromatic rings. The molecule has 2 heterocycles. The molecule has 1 aromatic heterocycles. The number of benzene rings is 1. The van der Waals surface area contributed by atoms with Gasteiger partial charge in [-0.3, -0.25) is 4.79 Å². The van der Waals surface area contributed by atoms with Gasteiger partial charge in [0, 0.05) is 45.1 Å². The van der Waals surface area contributed by atoms with Gasteiger partial charge in [0.15, 0.2) is 10.7 Å². The lowest BCUT2D eigenvalue weighted by Crippen LogP contribution is -2.43. The third-order valence-corrected chi connectivity index (χ3v) is 7.02. The number of nitrogens with zero attached hydrogens (tertiary/aromatic N) is 3. The van der Waals surface area contributed by atoms with E-state index in [1.807, 2.05) is 45.3 Å². The summed E-state index contributed by atoms with van der Waals surface area (Å²) in [4.78, 5) is 14.6. The highest BCUT2D eigenvalue weighted by Gasteiger charge is 2.36. The SMILES string of the molecule is Cc1cccc(NC(=O)[C@@H]2CCCN(S(=O)(=O)c3c(C)noc3/C=C/N(C)C)C2)c1. The number of aryl methyl sites for hydroxylation is 2. The molecule has 1 N–H and O–H groups in total. The van der Waals surface area contributed by atoms with Gasteiger partial charge in [-0.05, 0) is 44.4 Å². The first kappa shape index (κ1) is 22.0. The van der Waals surface area contributed by atoms with Crippen LogP contribution in [0.15, 0.2) is 39.9 Å². The molecular formula is C21H28N4O4S. The summed E-state index contributed by atoms with van der Waals surface area (Å²) in [6.45, 7) is 4.04. The van der Waals surface area contributed by atoms with Gasteiger partial charge in [-0.25, -0.2) is 8.42 Å². The molecule has 162 valence electrons. The van der Waals surface area contributed by atoms with Crippen molar-refractivity contribution in [1.29, 1.82) is 0 Å². The number of rotatable bonds is 6. The van der Waals surface area contributed by atoms with E-state index in [0.717, 1.165) is 5.56 Å². The Morgan fingerprint density at radius 2 is 2.10 bits per heavy atom. The number of anilines is 1. The Morgan fingerprint density at radius 3 is 2.80 bits per heavy atom. The number of piperidine rings is 1. The second kappa shape index (κ2) is 9.01. The quantitative estimate of drug-likeness (QED) is 0.754. The zero-order valence-electron chi connectivity index (χ0n) is 17.8. The maximum Gasteiger partial charge on any atom is 0.248 e. The lowest BCUT2D eigenvalue weighted by Gasteiger charge is -2.31. The number of carbonyl (C=O) groups is 1. The van der Waals surface area contributed by atoms with Gasteiger partial charge in [0.25, 0.3) is 0 Å². The summed E-state index contributed by atoms with van der Waals surface area (Å²) in [5.41, 5.74) is 2.06. The van der Waals surface area contributed by atoms with Crippen LogP contribution in [0.3, 0.4) is 0 Å². The van der Waals surface area contributed by atoms with Crippen LogP contribution in [0.25, 0.3) is 6.08 Å². The molecule has 0 saturated carbocycles. The smallest absolute Gasteiger partial charge is 0.248 e. The molecule has 0 radical (unpaired) electrons. The van der Waals surface area contributed by atoms with Gasteiger partial charge in [0.1, 0.15) is 5.69 Å². The van der Waals surface area contributed by atoms with Crippen LogP contribution in [-0.2, 0) is 14.8 Å². The van der Waals surface area contributed by atoms with Crippen molar-refractivity contribution in [3.63, 3.8) is 0 Å². The number of hydrogen-bond donors (Lipinski definition) is 1. The van der Waals surface area contributed by atoms with Crippen molar-refractivity contribution in [1.82, 2.24) is 14.4 Å². The van der Waals surface area contributed by atoms with Gasteiger partial charge in [0.05, 0.1) is 5.92 Å². The lowest BCUT2D eigenvalue weighted by molar-refractivity contribution is -0.120. The minimum absolute atomic E-state index is 0.0559. The van der Waals surface area contributed by atoms with E-state index in [9.17, 15) is 13.2 Å². The molecule has 1 aliphatic rings. The predicted octanol–water partition coefficient (Wildman–Crippen LogP) is 2.86. The number of carbonyl (C=O) groups excluding carboxylic acids is 1. The molecule has 0 bridgehead atoms. The molecule has 1 amide bonds. The summed E-state index contributed by atoms with van der Waals surface area (Å²) in [7, 11) is -0.188. The summed E-state index contributed by atoms with van der Waals surface area (Å²) >= 11 is 0. The van der Waals surface area contributed by atoms with Gasteiger partial charge in [-0.1, -0.05) is 17.3 Å². The van der Waals surface area contributed by atoms with Crippen LogP contribution in [-0.4, -0.2) is 55.9 Å². The van der Waals surface area contributed by atoms with Gasteiger partial charge >= 0.3 is 0 Å². The first-order valence-corrected chi connectivity index (χ1v) is 11.3. The molecule has 1 atom stereocenters. The van der Waals surface area contributed by atoms with E-state index in [4.69, 9.17) is 4.52 Å². The summed E-state index contributed by atoms with van der Waals surface area (Å²) in [6, 6.07) is 7.54. The molecule has 1 aromatic carbocycles. The van der Waals surface area contributed by atoms with Gasteiger partial charge < -0.3 is 14.7 Å². The van der Waals surface area contributed by atoms with Crippen LogP contribution in [0.1, 0.15) is 29.9 Å². The average molecular weight is 433 g/mol. The van der Waals surface area contributed by atoms with Crippen molar-refractivity contribution in [3.05, 3.63) is 47.5 Å². The van der Waals surface area contributed by atoms with Gasteiger partial charge in [-0.2, -0.15) is 4.31 Å². The lowest BCUT2D eigenvalue weighted by atomic mass is 9.98. The predicted molar refractivity (Wildman–Crippen MR) is 115 cm³/mol. The van der Waals surface area contributed by atoms with Crippen LogP contribution in [0.4, 0.5) is 5.69 Å². The molecule has 0 unspecified atom stereocenters. The highest BCUT2D eigenvalue weighted by molar-refractivity contribution is 7.89. The number of nitrogens with one attached hydrogen (secondary N) is 1. The summed E-state index contributed by atoms with van der Waals surface area (Å²) in [5.74, 6) is -0.405. The first-order valence-electron chi connectivity index (χ1n) is 9.87. The van der Waals surface area contributed by atoms with E-state index < -0.39 is 15.9 Å². The van der Waals surface area contributed by atoms with E-state index in [2.05, 4.69) is 10.5 Å². The maximum absolute atomic E-state index is 13.4. The molecule has 9 heteroatoms. The first-order chi connectivity index (χ1) is 14.2. The highest BCUT2D eigenvalue weighted by atomic mass is 32.2. The van der Waals surface area contributed by atoms with Crippen molar-refractivity contribution in [2.24, 2.45) is 5.92 Å². The molecular weight excluding hydrogens is 404 g/mol. The van der Waals surface area contributed by atoms with Crippen molar-refractivity contribution in [2.75, 3.05) is 32.5 Å². The largest absolute Gasteiger partial charge is 0.383 e. The standard InChI is InChI=1S/C21H28N4O4S/c1-15-7-5-9-18(13-15)22-21(26)17-8-6-11-25(14-17)30(27,28)20-16(2)23-29-19(20)10-12-24(3)4/h5,7,9-10,12-13,17H,6,8,11,14H2,1-4H3,(H,22,26)/b12-10+/t17-/m1/s1. The third-order valence-electron chi connectivity index (χ3n) is 5.00. The van der Waals surface area contributed by atoms with Crippen molar-refractivity contribution in [2.45, 2.75) is 31.6 Å². The second-order valence-electron chi connectivity index (χ2n) is 7.80. The minimum Gasteiger partial charge on any atom is -0.383 e. The fourth-order valence-electron chi connectivity index (χ4n) is 3.49. The van der Waals surface area contributed by atoms with Crippen LogP contribution in [0.5, 0.6) is 0 Å². The number of aromatic nitrogens is 1. The minimum atomic E-state index is -3.85. The Bertz CT molecular complexity index is 1040. The van der Waals surface area contributed by atoms with Crippen LogP contribution in [0.2, 0.25) is 0 Å². The fraction of sp³-hybridized carbons (Fsp3) is 0.429. The van der Waals surface area contributed by atoms with Crippen LogP contribution in [0, 0.1) is 19.8 Å². The number of sulfonamides is 1. The zero-order chi connectivity index (χ0) is 21.9. The maximum atomic E-state index is 13.4. The van der Waals surface area contributed by atoms with E-state index in [-0.39, 0.29) is 23.1 Å². The van der Waals surface area contributed by atoms with Gasteiger partial charge in [0.2, 0.25) is 15.9 Å². The molecule has 1 aliphatic heterocycles. The van der Waals surface area contributed by atoms with Crippen LogP contribution < -0.4 is 5.32 Å². The molecule has 8 nitrogen and oxygen atoms in total. The van der Waals surface area contributed by atoms with Crippen molar-refractivity contribution >= 4 is 27.7 Å². The highest BCUT2D eigenvalue weighted by Crippen LogP contribution is 2.29. The molecule has 1 fully saturated rings. The van der Waals surface area contributed by atoms with Crippen molar-refractivity contribution in [3.8, 4) is 0 Å². The summed E-state index contributed by atoms with van der Waals surface area (Å²) in [5, 5.41) is 6.75. The second-order valence-corrected chi connectivity index (χ2v) is 9.68. The number of amides is 1. The Hall–Kier alpha value is -2.65. The molecule has 1 saturated heterocycles. The summed E-state index contributed by atoms with van der Waals surface area (Å²) < 4.78 is 33.3. The molecule has 3 rings (SSSR count). The Labute approximate surface area is 177 Å². The monoisotopic (exact) mass is 432 g/mol. The average Bonchev–Trinajstić information content (AvgIpc) is 3.07. The normalized spacial score (nSPS) is 17.9. The molecule has 30 heavy (non-hydrogen) atoms. The fourth-order valence-corrected chi connectivity index (χ4v) is 5.26. The Kier molecular flexibility index (Phi) is 6.62. The topological polar surface area (TPSA) is 95.8 Å². The molecule has 0 spiro atoms. The van der Waals surface area contributed by atoms with Crippen LogP contribution >= 0.6 is 0 Å². The number of hydrogen-bond acceptors (Lipinski definition) is 6. The Morgan fingerprint density at radius 1 is 1.33 bits per heavy atom. The Balaban J connectivity index is 1.79. The third kappa shape index (κ3) is 4.91. The van der Waals surface area contributed by atoms with Gasteiger partial charge in [-0.15, -0.1) is 0 Å². The summed E-state index contributed by atoms with van der Waals surface area (Å²) in [6.07, 6.45) is 4.53. The van der Waals surface area contributed by atoms with E-state index in [1.54, 1.807) is 24.1 Å². The van der Waals surface area contributed by atoms with Crippen molar-refractivity contribution < 1.29 is 17.7 Å². The molecule has 0 aliphatic carbocycles. The van der Waals surface area contributed by atoms with E-state index >= 15 is 0 Å². The van der Waals surface area contributed by atoms with E-state index in [1.165, 1.54) is 4.31 Å². The van der Waals surface area contributed by atoms with E-state index in [0.29, 0.717) is 30.8 Å².